The van der Waals surface area contributed by atoms with Crippen molar-refractivity contribution in [3.05, 3.63) is 71.1 Å². The van der Waals surface area contributed by atoms with Gasteiger partial charge in [-0.15, -0.1) is 0 Å². The van der Waals surface area contributed by atoms with Crippen molar-refractivity contribution in [2.24, 2.45) is 5.92 Å². The van der Waals surface area contributed by atoms with Gasteiger partial charge in [-0.05, 0) is 63.1 Å². The van der Waals surface area contributed by atoms with Crippen molar-refractivity contribution < 1.29 is 31.3 Å². The summed E-state index contributed by atoms with van der Waals surface area (Å²) in [7, 11) is -4.01. The number of rotatable bonds is 5. The van der Waals surface area contributed by atoms with Gasteiger partial charge in [-0.25, -0.2) is 17.2 Å². The van der Waals surface area contributed by atoms with Crippen LogP contribution in [0.25, 0.3) is 12.2 Å². The number of halogens is 2. The monoisotopic (exact) mass is 543 g/mol. The number of hydrogen-bond acceptors (Lipinski definition) is 6. The molecule has 2 aliphatic rings. The summed E-state index contributed by atoms with van der Waals surface area (Å²) in [5.74, 6) is -1.27. The number of para-hydroxylation sites is 2. The summed E-state index contributed by atoms with van der Waals surface area (Å²) in [4.78, 5) is 15.1. The lowest BCUT2D eigenvalue weighted by Crippen LogP contribution is -2.48. The molecule has 0 radical (unpaired) electrons. The van der Waals surface area contributed by atoms with E-state index in [9.17, 15) is 22.0 Å². The van der Waals surface area contributed by atoms with Crippen molar-refractivity contribution in [1.29, 1.82) is 0 Å². The number of ether oxygens (including phenoxy) is 1. The second kappa shape index (κ2) is 10.3. The molecule has 0 N–H and O–H groups in total. The summed E-state index contributed by atoms with van der Waals surface area (Å²) in [6.45, 7) is 4.16. The molecule has 5 rings (SSSR count). The lowest BCUT2D eigenvalue weighted by atomic mass is 9.95. The molecule has 1 unspecified atom stereocenters. The third-order valence-corrected chi connectivity index (χ3v) is 8.86. The Morgan fingerprint density at radius 1 is 1.11 bits per heavy atom. The maximum Gasteiger partial charge on any atom is 0.248 e. The number of benzene rings is 2. The van der Waals surface area contributed by atoms with Crippen LogP contribution in [0.5, 0.6) is 5.75 Å². The van der Waals surface area contributed by atoms with Crippen LogP contribution in [-0.2, 0) is 14.8 Å². The Morgan fingerprint density at radius 2 is 1.84 bits per heavy atom. The molecule has 1 saturated heterocycles. The Morgan fingerprint density at radius 3 is 2.58 bits per heavy atom. The van der Waals surface area contributed by atoms with Crippen molar-refractivity contribution in [2.45, 2.75) is 37.7 Å². The van der Waals surface area contributed by atoms with E-state index >= 15 is 0 Å². The number of carbonyl (C=O) groups is 1. The number of hydrogen-bond donors (Lipinski definition) is 0. The number of fused-ring (bicyclic) bond motifs is 1. The van der Waals surface area contributed by atoms with E-state index in [2.05, 4.69) is 5.16 Å². The average molecular weight is 544 g/mol. The number of sulfonamides is 1. The van der Waals surface area contributed by atoms with E-state index in [0.717, 1.165) is 17.8 Å². The number of nitrogens with zero attached hydrogens (tertiary/aromatic N) is 3. The Kier molecular flexibility index (Phi) is 7.06. The van der Waals surface area contributed by atoms with Crippen LogP contribution in [0.15, 0.2) is 51.9 Å². The third kappa shape index (κ3) is 4.95. The highest BCUT2D eigenvalue weighted by molar-refractivity contribution is 7.89. The fourth-order valence-electron chi connectivity index (χ4n) is 4.89. The molecule has 200 valence electrons. The summed E-state index contributed by atoms with van der Waals surface area (Å²) in [6, 6.07) is 10.5. The van der Waals surface area contributed by atoms with E-state index in [1.165, 1.54) is 29.4 Å². The second-order valence-electron chi connectivity index (χ2n) is 9.48. The van der Waals surface area contributed by atoms with E-state index in [-0.39, 0.29) is 52.9 Å². The van der Waals surface area contributed by atoms with E-state index in [4.69, 9.17) is 9.26 Å². The lowest BCUT2D eigenvalue weighted by molar-refractivity contribution is -0.124. The average Bonchev–Trinajstić information content (AvgIpc) is 3.28. The maximum absolute atomic E-state index is 14.0. The van der Waals surface area contributed by atoms with Crippen LogP contribution < -0.4 is 9.64 Å². The first-order chi connectivity index (χ1) is 18.1. The van der Waals surface area contributed by atoms with Gasteiger partial charge in [0.25, 0.3) is 0 Å². The third-order valence-electron chi connectivity index (χ3n) is 6.80. The lowest BCUT2D eigenvalue weighted by Gasteiger charge is -2.37. The van der Waals surface area contributed by atoms with Crippen molar-refractivity contribution >= 4 is 33.8 Å². The molecule has 38 heavy (non-hydrogen) atoms. The van der Waals surface area contributed by atoms with Gasteiger partial charge in [0.2, 0.25) is 15.9 Å². The fraction of sp³-hybridized carbons (Fsp3) is 0.333. The summed E-state index contributed by atoms with van der Waals surface area (Å²) in [6.07, 6.45) is 3.18. The van der Waals surface area contributed by atoms with Gasteiger partial charge in [-0.1, -0.05) is 17.3 Å². The molecule has 3 aromatic rings. The first kappa shape index (κ1) is 26.1. The number of aromatic nitrogens is 1. The van der Waals surface area contributed by atoms with Crippen LogP contribution in [0.3, 0.4) is 0 Å². The number of aryl methyl sites for hydroxylation is 1. The number of anilines is 1. The van der Waals surface area contributed by atoms with E-state index in [0.29, 0.717) is 25.1 Å². The molecule has 1 fully saturated rings. The Balaban J connectivity index is 1.31. The number of piperidine rings is 1. The molecule has 2 aliphatic heterocycles. The molecule has 3 heterocycles. The zero-order valence-electron chi connectivity index (χ0n) is 20.9. The number of amides is 1. The van der Waals surface area contributed by atoms with Crippen LogP contribution in [0.1, 0.15) is 36.8 Å². The molecule has 2 aromatic carbocycles. The zero-order valence-corrected chi connectivity index (χ0v) is 21.7. The molecule has 11 heteroatoms. The van der Waals surface area contributed by atoms with Crippen LogP contribution in [0.2, 0.25) is 0 Å². The summed E-state index contributed by atoms with van der Waals surface area (Å²) in [5.41, 5.74) is 0.961. The Bertz CT molecular complexity index is 1500. The Hall–Kier alpha value is -3.57. The SMILES string of the molecule is Cc1noc(C=Cc2ccc(F)cc2F)c1S(=O)(=O)N1CCC(C(=O)N2CC(C)Oc3ccccc32)CC1. The molecule has 0 spiro atoms. The van der Waals surface area contributed by atoms with E-state index in [1.807, 2.05) is 31.2 Å². The van der Waals surface area contributed by atoms with Crippen LogP contribution in [0, 0.1) is 24.5 Å². The molecule has 1 amide bonds. The van der Waals surface area contributed by atoms with Crippen LogP contribution in [-0.4, -0.2) is 49.5 Å². The molecule has 0 saturated carbocycles. The minimum absolute atomic E-state index is 0.0456. The van der Waals surface area contributed by atoms with Gasteiger partial charge in [-0.3, -0.25) is 4.79 Å². The standard InChI is InChI=1S/C27H27F2N3O5S/c1-17-16-32(23-5-3-4-6-24(23)36-17)27(33)20-11-13-31(14-12-20)38(34,35)26-18(2)30-37-25(26)10-8-19-7-9-21(28)15-22(19)29/h3-10,15,17,20H,11-14,16H2,1-2H3. The summed E-state index contributed by atoms with van der Waals surface area (Å²) in [5, 5.41) is 3.80. The van der Waals surface area contributed by atoms with Crippen LogP contribution in [0.4, 0.5) is 14.5 Å². The minimum Gasteiger partial charge on any atom is -0.487 e. The zero-order chi connectivity index (χ0) is 27.0. The van der Waals surface area contributed by atoms with Gasteiger partial charge in [0.1, 0.15) is 29.2 Å². The smallest absolute Gasteiger partial charge is 0.248 e. The maximum atomic E-state index is 14.0. The van der Waals surface area contributed by atoms with Gasteiger partial charge in [-0.2, -0.15) is 4.31 Å². The van der Waals surface area contributed by atoms with Crippen LogP contribution >= 0.6 is 0 Å². The largest absolute Gasteiger partial charge is 0.487 e. The van der Waals surface area contributed by atoms with Gasteiger partial charge in [0, 0.05) is 30.6 Å². The predicted octanol–water partition coefficient (Wildman–Crippen LogP) is 4.65. The van der Waals surface area contributed by atoms with Gasteiger partial charge in [0.15, 0.2) is 10.7 Å². The molecule has 1 aromatic heterocycles. The summed E-state index contributed by atoms with van der Waals surface area (Å²) < 4.78 is 66.7. The van der Waals surface area contributed by atoms with Crippen molar-refractivity contribution in [2.75, 3.05) is 24.5 Å². The van der Waals surface area contributed by atoms with Crippen molar-refractivity contribution in [1.82, 2.24) is 9.46 Å². The highest BCUT2D eigenvalue weighted by atomic mass is 32.2. The van der Waals surface area contributed by atoms with Crippen molar-refractivity contribution in [3.8, 4) is 5.75 Å². The highest BCUT2D eigenvalue weighted by Gasteiger charge is 2.38. The molecule has 0 bridgehead atoms. The topological polar surface area (TPSA) is 93.0 Å². The van der Waals surface area contributed by atoms with E-state index in [1.54, 1.807) is 4.90 Å². The quantitative estimate of drug-likeness (QED) is 0.465. The van der Waals surface area contributed by atoms with Gasteiger partial charge in [0.05, 0.1) is 12.2 Å². The van der Waals surface area contributed by atoms with E-state index < -0.39 is 21.7 Å². The summed E-state index contributed by atoms with van der Waals surface area (Å²) >= 11 is 0. The molecule has 1 atom stereocenters. The predicted molar refractivity (Wildman–Crippen MR) is 137 cm³/mol. The molecule has 8 nitrogen and oxygen atoms in total. The number of carbonyl (C=O) groups excluding carboxylic acids is 1. The minimum atomic E-state index is -4.01. The van der Waals surface area contributed by atoms with Gasteiger partial charge < -0.3 is 14.2 Å². The first-order valence-electron chi connectivity index (χ1n) is 12.3. The highest BCUT2D eigenvalue weighted by Crippen LogP contribution is 2.36. The van der Waals surface area contributed by atoms with Gasteiger partial charge >= 0.3 is 0 Å². The second-order valence-corrected chi connectivity index (χ2v) is 11.4. The Labute approximate surface area is 219 Å². The molecular formula is C27H27F2N3O5S. The van der Waals surface area contributed by atoms with Crippen molar-refractivity contribution in [3.63, 3.8) is 0 Å². The molecular weight excluding hydrogens is 516 g/mol. The normalized spacial score (nSPS) is 18.9. The fourth-order valence-corrected chi connectivity index (χ4v) is 6.61. The molecule has 0 aliphatic carbocycles. The first-order valence-corrected chi connectivity index (χ1v) is 13.8.